The number of aromatic nitrogens is 1. The van der Waals surface area contributed by atoms with Crippen molar-refractivity contribution in [3.63, 3.8) is 0 Å². The fourth-order valence-corrected chi connectivity index (χ4v) is 7.86. The van der Waals surface area contributed by atoms with Crippen LogP contribution in [0.2, 0.25) is 0 Å². The first kappa shape index (κ1) is 29.7. The molecule has 9 rings (SSSR count). The second kappa shape index (κ2) is 12.5. The van der Waals surface area contributed by atoms with Crippen LogP contribution in [-0.4, -0.2) is 4.57 Å². The minimum atomic E-state index is -0.535. The Labute approximate surface area is 293 Å². The van der Waals surface area contributed by atoms with E-state index >= 15 is 0 Å². The Morgan fingerprint density at radius 3 is 1.18 bits per heavy atom. The molecule has 0 amide bonds. The van der Waals surface area contributed by atoms with Crippen LogP contribution in [0.25, 0.3) is 49.7 Å². The summed E-state index contributed by atoms with van der Waals surface area (Å²) in [5, 5.41) is 2.54. The van der Waals surface area contributed by atoms with E-state index in [0.717, 1.165) is 5.69 Å². The topological polar surface area (TPSA) is 4.93 Å². The summed E-state index contributed by atoms with van der Waals surface area (Å²) in [6.45, 7) is 0. The highest BCUT2D eigenvalue weighted by atomic mass is 15.0. The lowest BCUT2D eigenvalue weighted by molar-refractivity contribution is 0.745. The van der Waals surface area contributed by atoms with E-state index in [1.807, 2.05) is 0 Å². The van der Waals surface area contributed by atoms with Crippen LogP contribution in [0.1, 0.15) is 22.3 Å². The molecule has 0 bridgehead atoms. The molecular weight excluding hydrogens is 603 g/mol. The smallest absolute Gasteiger partial charge is 0.0701 e. The van der Waals surface area contributed by atoms with Crippen molar-refractivity contribution in [2.75, 3.05) is 0 Å². The minimum Gasteiger partial charge on any atom is -0.309 e. The zero-order chi connectivity index (χ0) is 33.3. The monoisotopic (exact) mass is 637 g/mol. The first-order chi connectivity index (χ1) is 24.8. The summed E-state index contributed by atoms with van der Waals surface area (Å²) in [6.07, 6.45) is 0. The highest BCUT2D eigenvalue weighted by Gasteiger charge is 2.38. The third-order valence-electron chi connectivity index (χ3n) is 10.2. The molecule has 0 radical (unpaired) electrons. The average Bonchev–Trinajstić information content (AvgIpc) is 3.54. The van der Waals surface area contributed by atoms with E-state index in [2.05, 4.69) is 217 Å². The fraction of sp³-hybridized carbons (Fsp3) is 0.0204. The Kier molecular flexibility index (Phi) is 7.44. The van der Waals surface area contributed by atoms with E-state index < -0.39 is 5.41 Å². The Hall–Kier alpha value is -6.44. The van der Waals surface area contributed by atoms with Crippen molar-refractivity contribution in [3.05, 3.63) is 235 Å². The molecule has 1 nitrogen and oxygen atoms in total. The van der Waals surface area contributed by atoms with Crippen molar-refractivity contribution in [2.24, 2.45) is 0 Å². The number of para-hydroxylation sites is 2. The van der Waals surface area contributed by atoms with Gasteiger partial charge in [-0.3, -0.25) is 0 Å². The van der Waals surface area contributed by atoms with Gasteiger partial charge in [-0.25, -0.2) is 0 Å². The van der Waals surface area contributed by atoms with Crippen LogP contribution in [0.4, 0.5) is 0 Å². The lowest BCUT2D eigenvalue weighted by Gasteiger charge is -2.37. The summed E-state index contributed by atoms with van der Waals surface area (Å²) in [5.74, 6) is 0. The van der Waals surface area contributed by atoms with E-state index in [4.69, 9.17) is 0 Å². The van der Waals surface area contributed by atoms with Gasteiger partial charge in [0, 0.05) is 16.5 Å². The molecule has 0 spiro atoms. The van der Waals surface area contributed by atoms with Crippen LogP contribution in [0.15, 0.2) is 212 Å². The van der Waals surface area contributed by atoms with Gasteiger partial charge in [-0.1, -0.05) is 182 Å². The van der Waals surface area contributed by atoms with Crippen LogP contribution < -0.4 is 0 Å². The quantitative estimate of drug-likeness (QED) is 0.153. The van der Waals surface area contributed by atoms with Gasteiger partial charge in [0.2, 0.25) is 0 Å². The van der Waals surface area contributed by atoms with Crippen molar-refractivity contribution in [1.29, 1.82) is 0 Å². The van der Waals surface area contributed by atoms with Crippen LogP contribution in [-0.2, 0) is 5.41 Å². The van der Waals surface area contributed by atoms with Crippen molar-refractivity contribution < 1.29 is 0 Å². The van der Waals surface area contributed by atoms with E-state index in [1.165, 1.54) is 66.3 Å². The summed E-state index contributed by atoms with van der Waals surface area (Å²) in [4.78, 5) is 0. The molecule has 1 heteroatoms. The molecular formula is C49H35N. The molecule has 0 aliphatic carbocycles. The number of hydrogen-bond donors (Lipinski definition) is 0. The number of nitrogens with zero attached hydrogens (tertiary/aromatic N) is 1. The molecule has 0 saturated heterocycles. The van der Waals surface area contributed by atoms with Crippen molar-refractivity contribution >= 4 is 21.8 Å². The predicted octanol–water partition coefficient (Wildman–Crippen LogP) is 12.5. The fourth-order valence-electron chi connectivity index (χ4n) is 7.86. The van der Waals surface area contributed by atoms with E-state index in [-0.39, 0.29) is 0 Å². The molecule has 0 fully saturated rings. The van der Waals surface area contributed by atoms with Gasteiger partial charge < -0.3 is 4.57 Å². The standard InChI is InChI=1S/C49H35N/c1-4-15-36(16-5-1)38-17-14-18-39(35-38)37-27-29-42(30-28-37)49(40-19-6-2-7-20-40,41-21-8-3-9-22-41)43-31-33-44(34-32-43)50-47-25-12-10-23-45(47)46-24-11-13-26-48(46)50/h1-35H. The first-order valence-electron chi connectivity index (χ1n) is 17.3. The molecule has 1 heterocycles. The van der Waals surface area contributed by atoms with Crippen LogP contribution in [0.3, 0.4) is 0 Å². The van der Waals surface area contributed by atoms with Gasteiger partial charge in [-0.2, -0.15) is 0 Å². The molecule has 50 heavy (non-hydrogen) atoms. The van der Waals surface area contributed by atoms with Crippen LogP contribution in [0.5, 0.6) is 0 Å². The zero-order valence-electron chi connectivity index (χ0n) is 27.7. The van der Waals surface area contributed by atoms with Crippen molar-refractivity contribution in [1.82, 2.24) is 4.57 Å². The molecule has 0 atom stereocenters. The highest BCUT2D eigenvalue weighted by Crippen LogP contribution is 2.46. The van der Waals surface area contributed by atoms with Crippen LogP contribution in [0, 0.1) is 0 Å². The van der Waals surface area contributed by atoms with Gasteiger partial charge in [0.25, 0.3) is 0 Å². The van der Waals surface area contributed by atoms with Crippen molar-refractivity contribution in [2.45, 2.75) is 5.41 Å². The molecule has 0 aliphatic rings. The van der Waals surface area contributed by atoms with Gasteiger partial charge >= 0.3 is 0 Å². The van der Waals surface area contributed by atoms with Crippen molar-refractivity contribution in [3.8, 4) is 27.9 Å². The zero-order valence-corrected chi connectivity index (χ0v) is 27.7. The molecule has 8 aromatic carbocycles. The molecule has 9 aromatic rings. The normalized spacial score (nSPS) is 11.6. The molecule has 0 aliphatic heterocycles. The van der Waals surface area contributed by atoms with E-state index in [1.54, 1.807) is 0 Å². The maximum Gasteiger partial charge on any atom is 0.0701 e. The molecule has 0 N–H and O–H groups in total. The Bertz CT molecular complexity index is 2450. The van der Waals surface area contributed by atoms with Gasteiger partial charge in [-0.05, 0) is 74.8 Å². The van der Waals surface area contributed by atoms with Gasteiger partial charge in [-0.15, -0.1) is 0 Å². The Balaban J connectivity index is 1.21. The van der Waals surface area contributed by atoms with Gasteiger partial charge in [0.05, 0.1) is 16.4 Å². The summed E-state index contributed by atoms with van der Waals surface area (Å²) in [7, 11) is 0. The molecule has 0 unspecified atom stereocenters. The largest absolute Gasteiger partial charge is 0.309 e. The lowest BCUT2D eigenvalue weighted by atomic mass is 9.65. The predicted molar refractivity (Wildman–Crippen MR) is 210 cm³/mol. The van der Waals surface area contributed by atoms with Gasteiger partial charge in [0.15, 0.2) is 0 Å². The minimum absolute atomic E-state index is 0.535. The number of fused-ring (bicyclic) bond motifs is 3. The second-order valence-corrected chi connectivity index (χ2v) is 12.9. The molecule has 236 valence electrons. The highest BCUT2D eigenvalue weighted by molar-refractivity contribution is 6.09. The maximum atomic E-state index is 2.39. The SMILES string of the molecule is c1ccc(-c2cccc(-c3ccc(C(c4ccccc4)(c4ccccc4)c4ccc(-n5c6ccccc6c6ccccc65)cc4)cc3)c2)cc1. The first-order valence-corrected chi connectivity index (χ1v) is 17.3. The summed E-state index contributed by atoms with van der Waals surface area (Å²) in [6, 6.07) is 77.2. The summed E-state index contributed by atoms with van der Waals surface area (Å²) < 4.78 is 2.39. The second-order valence-electron chi connectivity index (χ2n) is 12.9. The van der Waals surface area contributed by atoms with Gasteiger partial charge in [0.1, 0.15) is 0 Å². The maximum absolute atomic E-state index is 2.39. The summed E-state index contributed by atoms with van der Waals surface area (Å²) in [5.41, 5.74) is 12.8. The number of benzene rings is 8. The van der Waals surface area contributed by atoms with E-state index in [9.17, 15) is 0 Å². The number of rotatable bonds is 7. The molecule has 1 aromatic heterocycles. The molecule has 0 saturated carbocycles. The Morgan fingerprint density at radius 2 is 0.660 bits per heavy atom. The summed E-state index contributed by atoms with van der Waals surface area (Å²) >= 11 is 0. The van der Waals surface area contributed by atoms with Crippen LogP contribution >= 0.6 is 0 Å². The third-order valence-corrected chi connectivity index (χ3v) is 10.2. The lowest BCUT2D eigenvalue weighted by Crippen LogP contribution is -2.31. The third kappa shape index (κ3) is 4.95. The number of hydrogen-bond acceptors (Lipinski definition) is 0. The Morgan fingerprint density at radius 1 is 0.280 bits per heavy atom. The average molecular weight is 638 g/mol. The van der Waals surface area contributed by atoms with E-state index in [0.29, 0.717) is 0 Å².